The summed E-state index contributed by atoms with van der Waals surface area (Å²) in [4.78, 5) is 2.30. The molecular formula is C20H24N2O3. The van der Waals surface area contributed by atoms with E-state index in [2.05, 4.69) is 17.9 Å². The van der Waals surface area contributed by atoms with Crippen molar-refractivity contribution in [2.45, 2.75) is 13.5 Å². The molecule has 0 spiro atoms. The highest BCUT2D eigenvalue weighted by atomic mass is 16.5. The summed E-state index contributed by atoms with van der Waals surface area (Å²) in [5.41, 5.74) is 1.80. The van der Waals surface area contributed by atoms with Gasteiger partial charge in [0.15, 0.2) is 11.5 Å². The van der Waals surface area contributed by atoms with Gasteiger partial charge in [-0.2, -0.15) is 5.26 Å². The number of methoxy groups -OCH3 is 2. The molecule has 5 heteroatoms. The molecule has 2 aromatic carbocycles. The summed E-state index contributed by atoms with van der Waals surface area (Å²) in [6, 6.07) is 15.2. The first-order chi connectivity index (χ1) is 12.2. The number of nitriles is 1. The summed E-state index contributed by atoms with van der Waals surface area (Å²) in [7, 11) is 3.28. The van der Waals surface area contributed by atoms with Crippen molar-refractivity contribution in [1.29, 1.82) is 5.26 Å². The number of hydrogen-bond acceptors (Lipinski definition) is 5. The van der Waals surface area contributed by atoms with Gasteiger partial charge in [-0.05, 0) is 48.5 Å². The van der Waals surface area contributed by atoms with E-state index >= 15 is 0 Å². The van der Waals surface area contributed by atoms with E-state index in [1.165, 1.54) is 0 Å². The van der Waals surface area contributed by atoms with Gasteiger partial charge in [-0.15, -0.1) is 0 Å². The van der Waals surface area contributed by atoms with Crippen molar-refractivity contribution in [3.8, 4) is 23.3 Å². The second kappa shape index (κ2) is 9.55. The summed E-state index contributed by atoms with van der Waals surface area (Å²) < 4.78 is 16.4. The second-order valence-corrected chi connectivity index (χ2v) is 5.54. The Kier molecular flexibility index (Phi) is 7.12. The predicted octanol–water partition coefficient (Wildman–Crippen LogP) is 3.48. The fourth-order valence-electron chi connectivity index (χ4n) is 2.50. The first-order valence-electron chi connectivity index (χ1n) is 8.26. The van der Waals surface area contributed by atoms with Gasteiger partial charge in [0.2, 0.25) is 0 Å². The molecule has 0 atom stereocenters. The highest BCUT2D eigenvalue weighted by molar-refractivity contribution is 5.42. The lowest BCUT2D eigenvalue weighted by molar-refractivity contribution is 0.210. The van der Waals surface area contributed by atoms with Gasteiger partial charge in [-0.25, -0.2) is 0 Å². The average Bonchev–Trinajstić information content (AvgIpc) is 2.67. The van der Waals surface area contributed by atoms with Gasteiger partial charge in [0.25, 0.3) is 0 Å². The molecule has 0 aliphatic heterocycles. The van der Waals surface area contributed by atoms with Crippen molar-refractivity contribution in [1.82, 2.24) is 4.90 Å². The summed E-state index contributed by atoms with van der Waals surface area (Å²) in [6.45, 7) is 5.26. The molecule has 0 bridgehead atoms. The molecule has 2 aromatic rings. The standard InChI is InChI=1S/C20H24N2O3/c1-4-22(11-12-25-18-8-5-16(14-21)6-9-18)15-17-7-10-19(23-2)20(13-17)24-3/h5-10,13H,4,11-12,15H2,1-3H3. The lowest BCUT2D eigenvalue weighted by Gasteiger charge is -2.21. The number of ether oxygens (including phenoxy) is 3. The zero-order chi connectivity index (χ0) is 18.1. The first kappa shape index (κ1) is 18.6. The van der Waals surface area contributed by atoms with Gasteiger partial charge in [0, 0.05) is 13.1 Å². The van der Waals surface area contributed by atoms with Crippen LogP contribution < -0.4 is 14.2 Å². The number of nitrogens with zero attached hydrogens (tertiary/aromatic N) is 2. The van der Waals surface area contributed by atoms with Gasteiger partial charge in [0.05, 0.1) is 25.9 Å². The quantitative estimate of drug-likeness (QED) is 0.699. The molecule has 0 N–H and O–H groups in total. The molecule has 2 rings (SSSR count). The van der Waals surface area contributed by atoms with Crippen LogP contribution in [-0.2, 0) is 6.54 Å². The highest BCUT2D eigenvalue weighted by Gasteiger charge is 2.08. The Labute approximate surface area is 149 Å². The normalized spacial score (nSPS) is 10.4. The van der Waals surface area contributed by atoms with Crippen LogP contribution in [0.5, 0.6) is 17.2 Å². The molecule has 0 aromatic heterocycles. The maximum Gasteiger partial charge on any atom is 0.161 e. The average molecular weight is 340 g/mol. The summed E-state index contributed by atoms with van der Waals surface area (Å²) >= 11 is 0. The van der Waals surface area contributed by atoms with Gasteiger partial charge in [0.1, 0.15) is 12.4 Å². The number of rotatable bonds is 9. The van der Waals surface area contributed by atoms with Crippen molar-refractivity contribution in [2.24, 2.45) is 0 Å². The Hall–Kier alpha value is -2.71. The maximum atomic E-state index is 8.81. The minimum absolute atomic E-state index is 0.590. The van der Waals surface area contributed by atoms with Gasteiger partial charge in [-0.1, -0.05) is 13.0 Å². The van der Waals surface area contributed by atoms with Crippen LogP contribution in [-0.4, -0.2) is 38.8 Å². The topological polar surface area (TPSA) is 54.7 Å². The van der Waals surface area contributed by atoms with Gasteiger partial charge >= 0.3 is 0 Å². The van der Waals surface area contributed by atoms with Gasteiger partial charge in [-0.3, -0.25) is 4.90 Å². The van der Waals surface area contributed by atoms with Crippen LogP contribution >= 0.6 is 0 Å². The van der Waals surface area contributed by atoms with Gasteiger partial charge < -0.3 is 14.2 Å². The molecule has 0 amide bonds. The lowest BCUT2D eigenvalue weighted by atomic mass is 10.2. The molecule has 0 unspecified atom stereocenters. The van der Waals surface area contributed by atoms with Crippen LogP contribution in [0.25, 0.3) is 0 Å². The number of hydrogen-bond donors (Lipinski definition) is 0. The fraction of sp³-hybridized carbons (Fsp3) is 0.350. The molecule has 0 aliphatic carbocycles. The Balaban J connectivity index is 1.88. The minimum Gasteiger partial charge on any atom is -0.493 e. The molecule has 132 valence electrons. The maximum absolute atomic E-state index is 8.81. The van der Waals surface area contributed by atoms with Crippen molar-refractivity contribution >= 4 is 0 Å². The van der Waals surface area contributed by atoms with E-state index in [4.69, 9.17) is 19.5 Å². The Morgan fingerprint density at radius 1 is 1.00 bits per heavy atom. The van der Waals surface area contributed by atoms with Crippen molar-refractivity contribution in [3.05, 3.63) is 53.6 Å². The Morgan fingerprint density at radius 2 is 1.72 bits per heavy atom. The van der Waals surface area contributed by atoms with Crippen LogP contribution in [0, 0.1) is 11.3 Å². The lowest BCUT2D eigenvalue weighted by Crippen LogP contribution is -2.27. The zero-order valence-corrected chi connectivity index (χ0v) is 15.0. The van der Waals surface area contributed by atoms with Crippen LogP contribution in [0.4, 0.5) is 0 Å². The molecule has 0 radical (unpaired) electrons. The van der Waals surface area contributed by atoms with Crippen molar-refractivity contribution in [2.75, 3.05) is 33.9 Å². The molecule has 25 heavy (non-hydrogen) atoms. The molecule has 0 fully saturated rings. The van der Waals surface area contributed by atoms with Crippen LogP contribution in [0.2, 0.25) is 0 Å². The zero-order valence-electron chi connectivity index (χ0n) is 15.0. The third-order valence-corrected chi connectivity index (χ3v) is 3.96. The van der Waals surface area contributed by atoms with E-state index in [0.29, 0.717) is 12.2 Å². The summed E-state index contributed by atoms with van der Waals surface area (Å²) in [5, 5.41) is 8.81. The van der Waals surface area contributed by atoms with Crippen molar-refractivity contribution < 1.29 is 14.2 Å². The molecule has 0 saturated heterocycles. The molecule has 0 saturated carbocycles. The minimum atomic E-state index is 0.590. The third-order valence-electron chi connectivity index (χ3n) is 3.96. The Morgan fingerprint density at radius 3 is 2.32 bits per heavy atom. The Bertz CT molecular complexity index is 708. The van der Waals surface area contributed by atoms with Crippen LogP contribution in [0.1, 0.15) is 18.1 Å². The molecular weight excluding hydrogens is 316 g/mol. The molecule has 5 nitrogen and oxygen atoms in total. The molecule has 0 heterocycles. The van der Waals surface area contributed by atoms with E-state index in [0.717, 1.165) is 42.4 Å². The monoisotopic (exact) mass is 340 g/mol. The van der Waals surface area contributed by atoms with E-state index in [9.17, 15) is 0 Å². The fourth-order valence-corrected chi connectivity index (χ4v) is 2.50. The number of likely N-dealkylation sites (N-methyl/N-ethyl adjacent to an activating group) is 1. The molecule has 0 aliphatic rings. The number of benzene rings is 2. The van der Waals surface area contributed by atoms with E-state index in [-0.39, 0.29) is 0 Å². The summed E-state index contributed by atoms with van der Waals surface area (Å²) in [6.07, 6.45) is 0. The smallest absolute Gasteiger partial charge is 0.161 e. The van der Waals surface area contributed by atoms with E-state index in [1.54, 1.807) is 26.4 Å². The third kappa shape index (κ3) is 5.40. The van der Waals surface area contributed by atoms with E-state index < -0.39 is 0 Å². The predicted molar refractivity (Wildman–Crippen MR) is 97.1 cm³/mol. The second-order valence-electron chi connectivity index (χ2n) is 5.54. The SMILES string of the molecule is CCN(CCOc1ccc(C#N)cc1)Cc1ccc(OC)c(OC)c1. The highest BCUT2D eigenvalue weighted by Crippen LogP contribution is 2.28. The van der Waals surface area contributed by atoms with Crippen molar-refractivity contribution in [3.63, 3.8) is 0 Å². The largest absolute Gasteiger partial charge is 0.493 e. The first-order valence-corrected chi connectivity index (χ1v) is 8.26. The van der Waals surface area contributed by atoms with E-state index in [1.807, 2.05) is 30.3 Å². The summed E-state index contributed by atoms with van der Waals surface area (Å²) in [5.74, 6) is 2.25. The van der Waals surface area contributed by atoms with Crippen LogP contribution in [0.15, 0.2) is 42.5 Å². The van der Waals surface area contributed by atoms with Crippen LogP contribution in [0.3, 0.4) is 0 Å².